The topological polar surface area (TPSA) is 97.4 Å². The number of para-hydroxylation sites is 1. The van der Waals surface area contributed by atoms with E-state index in [-0.39, 0.29) is 11.8 Å². The number of hydrogen-bond acceptors (Lipinski definition) is 5. The minimum atomic E-state index is -0.900. The first-order chi connectivity index (χ1) is 15.1. The summed E-state index contributed by atoms with van der Waals surface area (Å²) in [5.41, 5.74) is 1.09. The number of benzene rings is 1. The number of rotatable bonds is 2. The minimum Gasteiger partial charge on any atom is -0.336 e. The number of aromatic nitrogens is 5. The molecule has 2 atom stereocenters. The van der Waals surface area contributed by atoms with Gasteiger partial charge in [-0.25, -0.2) is 15.0 Å². The summed E-state index contributed by atoms with van der Waals surface area (Å²) in [6.07, 6.45) is 9.14. The molecule has 1 fully saturated rings. The Balaban J connectivity index is 1.51. The second-order valence-corrected chi connectivity index (χ2v) is 7.97. The molecule has 0 saturated carbocycles. The Hall–Kier alpha value is -4.01. The number of likely N-dealkylation sites (tertiary alicyclic amines) is 1. The zero-order valence-electron chi connectivity index (χ0n) is 16.8. The Bertz CT molecular complexity index is 1320. The molecule has 1 aromatic carbocycles. The third-order valence-corrected chi connectivity index (χ3v) is 6.41. The maximum absolute atomic E-state index is 13.6. The van der Waals surface area contributed by atoms with Crippen molar-refractivity contribution < 1.29 is 9.59 Å². The maximum atomic E-state index is 13.6. The molecule has 2 aliphatic rings. The van der Waals surface area contributed by atoms with Gasteiger partial charge in [0.05, 0.1) is 0 Å². The highest BCUT2D eigenvalue weighted by atomic mass is 16.2. The molecule has 6 rings (SSSR count). The van der Waals surface area contributed by atoms with Gasteiger partial charge in [0.25, 0.3) is 5.91 Å². The summed E-state index contributed by atoms with van der Waals surface area (Å²) >= 11 is 0. The van der Waals surface area contributed by atoms with E-state index < -0.39 is 11.5 Å². The van der Waals surface area contributed by atoms with E-state index in [2.05, 4.69) is 20.3 Å². The van der Waals surface area contributed by atoms with Crippen molar-refractivity contribution in [1.29, 1.82) is 0 Å². The maximum Gasteiger partial charge on any atom is 0.274 e. The van der Waals surface area contributed by atoms with Crippen LogP contribution in [-0.2, 0) is 17.3 Å². The third kappa shape index (κ3) is 2.34. The lowest BCUT2D eigenvalue weighted by Crippen LogP contribution is -2.43. The van der Waals surface area contributed by atoms with Crippen LogP contribution in [0.25, 0.3) is 5.78 Å². The van der Waals surface area contributed by atoms with Crippen molar-refractivity contribution >= 4 is 23.3 Å². The fourth-order valence-electron chi connectivity index (χ4n) is 4.98. The summed E-state index contributed by atoms with van der Waals surface area (Å²) in [4.78, 5) is 41.9. The monoisotopic (exact) mass is 413 g/mol. The van der Waals surface area contributed by atoms with Gasteiger partial charge in [0.2, 0.25) is 11.7 Å². The number of hydrogen-bond donors (Lipinski definition) is 1. The second kappa shape index (κ2) is 6.24. The standard InChI is InChI=1S/C22H19N7O2/c1-27-12-9-23-18(27)17-22(14-5-2-3-6-15(14)25-20(22)31)7-11-29(17)19(30)16-13-28-10-4-8-24-21(28)26-16/h2-6,8-10,12-13,17H,7,11H2,1H3,(H,25,31). The first-order valence-corrected chi connectivity index (χ1v) is 10.1. The van der Waals surface area contributed by atoms with Gasteiger partial charge in [-0.15, -0.1) is 0 Å². The van der Waals surface area contributed by atoms with Crippen LogP contribution in [0.3, 0.4) is 0 Å². The van der Waals surface area contributed by atoms with Crippen LogP contribution in [0.1, 0.15) is 34.3 Å². The Kier molecular flexibility index (Phi) is 3.59. The Labute approximate surface area is 177 Å². The third-order valence-electron chi connectivity index (χ3n) is 6.41. The van der Waals surface area contributed by atoms with Crippen molar-refractivity contribution in [3.63, 3.8) is 0 Å². The highest BCUT2D eigenvalue weighted by Crippen LogP contribution is 2.54. The van der Waals surface area contributed by atoms with E-state index in [9.17, 15) is 9.59 Å². The number of amides is 2. The van der Waals surface area contributed by atoms with E-state index >= 15 is 0 Å². The van der Waals surface area contributed by atoms with E-state index in [4.69, 9.17) is 0 Å². The molecule has 0 radical (unpaired) electrons. The van der Waals surface area contributed by atoms with Crippen molar-refractivity contribution in [2.75, 3.05) is 11.9 Å². The lowest BCUT2D eigenvalue weighted by atomic mass is 9.74. The molecule has 2 unspecified atom stereocenters. The lowest BCUT2D eigenvalue weighted by molar-refractivity contribution is -0.121. The van der Waals surface area contributed by atoms with Crippen molar-refractivity contribution in [2.24, 2.45) is 7.05 Å². The number of anilines is 1. The smallest absolute Gasteiger partial charge is 0.274 e. The van der Waals surface area contributed by atoms with E-state index in [0.717, 1.165) is 11.3 Å². The predicted molar refractivity (Wildman–Crippen MR) is 111 cm³/mol. The number of fused-ring (bicyclic) bond motifs is 3. The number of imidazole rings is 2. The molecule has 5 heterocycles. The van der Waals surface area contributed by atoms with Crippen LogP contribution in [0.15, 0.2) is 61.3 Å². The quantitative estimate of drug-likeness (QED) is 0.542. The molecule has 2 amide bonds. The minimum absolute atomic E-state index is 0.103. The summed E-state index contributed by atoms with van der Waals surface area (Å²) in [6, 6.07) is 8.91. The molecule has 0 aliphatic carbocycles. The van der Waals surface area contributed by atoms with Gasteiger partial charge < -0.3 is 14.8 Å². The van der Waals surface area contributed by atoms with Gasteiger partial charge in [0, 0.05) is 50.3 Å². The van der Waals surface area contributed by atoms with Gasteiger partial charge in [-0.1, -0.05) is 18.2 Å². The van der Waals surface area contributed by atoms with Crippen LogP contribution >= 0.6 is 0 Å². The fraction of sp³-hybridized carbons (Fsp3) is 0.227. The molecule has 154 valence electrons. The first-order valence-electron chi connectivity index (χ1n) is 10.1. The summed E-state index contributed by atoms with van der Waals surface area (Å²) in [5.74, 6) is 0.776. The molecule has 4 aromatic rings. The molecule has 9 nitrogen and oxygen atoms in total. The Morgan fingerprint density at radius 3 is 2.84 bits per heavy atom. The number of carbonyl (C=O) groups excluding carboxylic acids is 2. The first kappa shape index (κ1) is 17.8. The zero-order valence-corrected chi connectivity index (χ0v) is 16.8. The van der Waals surface area contributed by atoms with Gasteiger partial charge in [-0.2, -0.15) is 0 Å². The molecule has 9 heteroatoms. The second-order valence-electron chi connectivity index (χ2n) is 7.97. The van der Waals surface area contributed by atoms with Crippen LogP contribution in [0.2, 0.25) is 0 Å². The molecule has 0 bridgehead atoms. The van der Waals surface area contributed by atoms with Crippen molar-refractivity contribution in [2.45, 2.75) is 17.9 Å². The van der Waals surface area contributed by atoms with E-state index in [1.807, 2.05) is 42.1 Å². The average Bonchev–Trinajstić information content (AvgIpc) is 3.54. The van der Waals surface area contributed by atoms with Crippen LogP contribution in [0.5, 0.6) is 0 Å². The SMILES string of the molecule is Cn1ccnc1C1N(C(=O)c2cn3cccnc3n2)CCC12C(=O)Nc1ccccc12. The average molecular weight is 413 g/mol. The molecule has 3 aromatic heterocycles. The highest BCUT2D eigenvalue weighted by molar-refractivity contribution is 6.08. The van der Waals surface area contributed by atoms with Crippen LogP contribution < -0.4 is 5.32 Å². The molecule has 1 spiro atoms. The lowest BCUT2D eigenvalue weighted by Gasteiger charge is -2.33. The largest absolute Gasteiger partial charge is 0.336 e. The number of nitrogens with zero attached hydrogens (tertiary/aromatic N) is 6. The summed E-state index contributed by atoms with van der Waals surface area (Å²) in [5, 5.41) is 3.02. The highest BCUT2D eigenvalue weighted by Gasteiger charge is 2.60. The normalized spacial score (nSPS) is 22.3. The molecular formula is C22H19N7O2. The molecule has 31 heavy (non-hydrogen) atoms. The zero-order chi connectivity index (χ0) is 21.2. The van der Waals surface area contributed by atoms with Crippen LogP contribution in [0.4, 0.5) is 5.69 Å². The Morgan fingerprint density at radius 2 is 2.03 bits per heavy atom. The molecule has 1 saturated heterocycles. The van der Waals surface area contributed by atoms with Crippen molar-refractivity contribution in [3.05, 3.63) is 78.4 Å². The summed E-state index contributed by atoms with van der Waals surface area (Å²) in [7, 11) is 1.88. The van der Waals surface area contributed by atoms with E-state index in [1.165, 1.54) is 0 Å². The van der Waals surface area contributed by atoms with Crippen molar-refractivity contribution in [1.82, 2.24) is 28.8 Å². The molecule has 1 N–H and O–H groups in total. The van der Waals surface area contributed by atoms with Crippen molar-refractivity contribution in [3.8, 4) is 0 Å². The number of nitrogens with one attached hydrogen (secondary N) is 1. The predicted octanol–water partition coefficient (Wildman–Crippen LogP) is 1.94. The van der Waals surface area contributed by atoms with E-state index in [0.29, 0.717) is 30.3 Å². The Morgan fingerprint density at radius 1 is 1.16 bits per heavy atom. The van der Waals surface area contributed by atoms with Gasteiger partial charge in [0.1, 0.15) is 23.0 Å². The number of carbonyl (C=O) groups is 2. The van der Waals surface area contributed by atoms with Crippen LogP contribution in [0, 0.1) is 0 Å². The molecular weight excluding hydrogens is 394 g/mol. The summed E-state index contributed by atoms with van der Waals surface area (Å²) in [6.45, 7) is 0.416. The van der Waals surface area contributed by atoms with Gasteiger partial charge in [-0.05, 0) is 24.1 Å². The molecule has 2 aliphatic heterocycles. The van der Waals surface area contributed by atoms with E-state index in [1.54, 1.807) is 40.2 Å². The van der Waals surface area contributed by atoms with Gasteiger partial charge >= 0.3 is 0 Å². The number of aryl methyl sites for hydroxylation is 1. The summed E-state index contributed by atoms with van der Waals surface area (Å²) < 4.78 is 3.59. The van der Waals surface area contributed by atoms with Crippen LogP contribution in [-0.4, -0.2) is 47.2 Å². The fourth-order valence-corrected chi connectivity index (χ4v) is 4.98. The van der Waals surface area contributed by atoms with Gasteiger partial charge in [-0.3, -0.25) is 14.0 Å². The van der Waals surface area contributed by atoms with Gasteiger partial charge in [0.15, 0.2) is 0 Å².